The summed E-state index contributed by atoms with van der Waals surface area (Å²) in [7, 11) is -3.02. The molecule has 0 aliphatic heterocycles. The molecular formula is C13H19NO3S. The second kappa shape index (κ2) is 4.88. The topological polar surface area (TPSA) is 56.1 Å². The maximum Gasteiger partial charge on any atom is 0.167 e. The summed E-state index contributed by atoms with van der Waals surface area (Å²) in [4.78, 5) is 11.8. The number of Topliss-reactive ketones (excluding diaryl/α,β-unsaturated/α-hetero) is 1. The Labute approximate surface area is 108 Å². The third-order valence-electron chi connectivity index (χ3n) is 3.34. The molecule has 0 bridgehead atoms. The van der Waals surface area contributed by atoms with Crippen LogP contribution >= 0.6 is 0 Å². The van der Waals surface area contributed by atoms with Crippen molar-refractivity contribution >= 4 is 15.6 Å². The Morgan fingerprint density at radius 3 is 2.67 bits per heavy atom. The van der Waals surface area contributed by atoms with E-state index in [0.29, 0.717) is 12.1 Å². The molecule has 0 amide bonds. The highest BCUT2D eigenvalue weighted by Gasteiger charge is 2.30. The summed E-state index contributed by atoms with van der Waals surface area (Å²) in [5, 5.41) is -0.347. The van der Waals surface area contributed by atoms with E-state index in [2.05, 4.69) is 0 Å². The van der Waals surface area contributed by atoms with Crippen LogP contribution in [-0.2, 0) is 16.4 Å². The number of hydrogen-bond donors (Lipinski definition) is 0. The molecule has 5 heteroatoms. The fourth-order valence-electron chi connectivity index (χ4n) is 1.78. The largest absolute Gasteiger partial charge is 0.352 e. The van der Waals surface area contributed by atoms with E-state index < -0.39 is 9.84 Å². The minimum absolute atomic E-state index is 0.121. The van der Waals surface area contributed by atoms with E-state index in [4.69, 9.17) is 0 Å². The molecule has 2 rings (SSSR count). The fraction of sp³-hybridized carbons (Fsp3) is 0.615. The lowest BCUT2D eigenvalue weighted by Gasteiger charge is -2.07. The molecule has 0 unspecified atom stereocenters. The van der Waals surface area contributed by atoms with E-state index in [-0.39, 0.29) is 22.7 Å². The lowest BCUT2D eigenvalue weighted by molar-refractivity contribution is 0.0967. The Morgan fingerprint density at radius 1 is 1.44 bits per heavy atom. The van der Waals surface area contributed by atoms with Crippen LogP contribution in [0.5, 0.6) is 0 Å². The second-order valence-electron chi connectivity index (χ2n) is 5.19. The predicted molar refractivity (Wildman–Crippen MR) is 70.4 cm³/mol. The first-order valence-electron chi connectivity index (χ1n) is 6.32. The molecule has 4 nitrogen and oxygen atoms in total. The van der Waals surface area contributed by atoms with E-state index in [9.17, 15) is 13.2 Å². The van der Waals surface area contributed by atoms with Gasteiger partial charge in [0.05, 0.1) is 11.0 Å². The van der Waals surface area contributed by atoms with Crippen LogP contribution in [0.2, 0.25) is 0 Å². The molecule has 0 atom stereocenters. The third-order valence-corrected chi connectivity index (χ3v) is 5.52. The van der Waals surface area contributed by atoms with Crippen LogP contribution in [0.1, 0.15) is 37.0 Å². The number of nitrogens with zero attached hydrogens (tertiary/aromatic N) is 1. The first kappa shape index (κ1) is 13.3. The molecule has 1 aromatic heterocycles. The lowest BCUT2D eigenvalue weighted by Crippen LogP contribution is -2.20. The molecule has 1 aromatic rings. The van der Waals surface area contributed by atoms with Crippen LogP contribution in [-0.4, -0.2) is 29.8 Å². The van der Waals surface area contributed by atoms with Gasteiger partial charge in [-0.15, -0.1) is 0 Å². The van der Waals surface area contributed by atoms with Gasteiger partial charge in [0.25, 0.3) is 0 Å². The predicted octanol–water partition coefficient (Wildman–Crippen LogP) is 1.90. The average Bonchev–Trinajstić information content (AvgIpc) is 3.04. The number of hydrogen-bond acceptors (Lipinski definition) is 3. The SMILES string of the molecule is CC(C)S(=O)(=O)CCn1ccc(C(=O)C2CC2)c1. The Balaban J connectivity index is 1.97. The number of aromatic nitrogens is 1. The van der Waals surface area contributed by atoms with Gasteiger partial charge in [0.1, 0.15) is 0 Å². The molecule has 0 radical (unpaired) electrons. The van der Waals surface area contributed by atoms with E-state index in [1.165, 1.54) is 0 Å². The average molecular weight is 269 g/mol. The summed E-state index contributed by atoms with van der Waals surface area (Å²) in [5.74, 6) is 0.525. The summed E-state index contributed by atoms with van der Waals surface area (Å²) in [6, 6.07) is 1.78. The van der Waals surface area contributed by atoms with Gasteiger partial charge in [-0.2, -0.15) is 0 Å². The van der Waals surface area contributed by atoms with E-state index in [0.717, 1.165) is 12.8 Å². The van der Waals surface area contributed by atoms with Crippen molar-refractivity contribution in [3.8, 4) is 0 Å². The highest BCUT2D eigenvalue weighted by Crippen LogP contribution is 2.32. The summed E-state index contributed by atoms with van der Waals surface area (Å²) < 4.78 is 25.2. The molecule has 0 N–H and O–H groups in total. The molecule has 0 saturated heterocycles. The summed E-state index contributed by atoms with van der Waals surface area (Å²) >= 11 is 0. The van der Waals surface area contributed by atoms with Gasteiger partial charge < -0.3 is 4.57 Å². The third kappa shape index (κ3) is 3.02. The highest BCUT2D eigenvalue weighted by atomic mass is 32.2. The standard InChI is InChI=1S/C13H19NO3S/c1-10(2)18(16,17)8-7-14-6-5-12(9-14)13(15)11-3-4-11/h5-6,9-11H,3-4,7-8H2,1-2H3. The van der Waals surface area contributed by atoms with E-state index >= 15 is 0 Å². The molecule has 0 aromatic carbocycles. The zero-order valence-corrected chi connectivity index (χ0v) is 11.6. The van der Waals surface area contributed by atoms with Gasteiger partial charge in [-0.3, -0.25) is 4.79 Å². The molecule has 100 valence electrons. The first-order chi connectivity index (χ1) is 8.40. The maximum atomic E-state index is 11.8. The zero-order chi connectivity index (χ0) is 13.3. The quantitative estimate of drug-likeness (QED) is 0.741. The fourth-order valence-corrected chi connectivity index (χ4v) is 2.71. The number of aryl methyl sites for hydroxylation is 1. The van der Waals surface area contributed by atoms with Crippen molar-refractivity contribution in [2.24, 2.45) is 5.92 Å². The number of carbonyl (C=O) groups excluding carboxylic acids is 1. The zero-order valence-electron chi connectivity index (χ0n) is 10.8. The Kier molecular flexibility index (Phi) is 3.61. The van der Waals surface area contributed by atoms with Gasteiger partial charge in [-0.05, 0) is 32.8 Å². The summed E-state index contributed by atoms with van der Waals surface area (Å²) in [6.45, 7) is 3.79. The molecule has 0 spiro atoms. The molecular weight excluding hydrogens is 250 g/mol. The van der Waals surface area contributed by atoms with Crippen molar-refractivity contribution in [1.29, 1.82) is 0 Å². The van der Waals surface area contributed by atoms with Crippen LogP contribution in [0, 0.1) is 5.92 Å². The van der Waals surface area contributed by atoms with Gasteiger partial charge in [-0.1, -0.05) is 0 Å². The van der Waals surface area contributed by atoms with Crippen LogP contribution in [0.3, 0.4) is 0 Å². The Bertz CT molecular complexity index is 538. The Hall–Kier alpha value is -1.10. The molecule has 1 fully saturated rings. The van der Waals surface area contributed by atoms with Crippen molar-refractivity contribution in [1.82, 2.24) is 4.57 Å². The monoisotopic (exact) mass is 269 g/mol. The van der Waals surface area contributed by atoms with Gasteiger partial charge in [-0.25, -0.2) is 8.42 Å². The summed E-state index contributed by atoms with van der Waals surface area (Å²) in [5.41, 5.74) is 0.708. The highest BCUT2D eigenvalue weighted by molar-refractivity contribution is 7.91. The minimum atomic E-state index is -3.02. The first-order valence-corrected chi connectivity index (χ1v) is 8.03. The molecule has 1 aliphatic carbocycles. The number of sulfone groups is 1. The van der Waals surface area contributed by atoms with Crippen LogP contribution in [0.4, 0.5) is 0 Å². The molecule has 1 aliphatic rings. The van der Waals surface area contributed by atoms with Gasteiger partial charge in [0.2, 0.25) is 0 Å². The summed E-state index contributed by atoms with van der Waals surface area (Å²) in [6.07, 6.45) is 5.53. The number of carbonyl (C=O) groups is 1. The smallest absolute Gasteiger partial charge is 0.167 e. The molecule has 1 heterocycles. The number of ketones is 1. The van der Waals surface area contributed by atoms with Crippen molar-refractivity contribution in [2.45, 2.75) is 38.5 Å². The maximum absolute atomic E-state index is 11.8. The van der Waals surface area contributed by atoms with Gasteiger partial charge in [0, 0.05) is 30.4 Å². The normalized spacial score (nSPS) is 16.2. The van der Waals surface area contributed by atoms with Gasteiger partial charge in [0.15, 0.2) is 15.6 Å². The van der Waals surface area contributed by atoms with Crippen LogP contribution < -0.4 is 0 Å². The lowest BCUT2D eigenvalue weighted by atomic mass is 10.1. The molecule has 18 heavy (non-hydrogen) atoms. The van der Waals surface area contributed by atoms with Gasteiger partial charge >= 0.3 is 0 Å². The minimum Gasteiger partial charge on any atom is -0.352 e. The van der Waals surface area contributed by atoms with E-state index in [1.54, 1.807) is 36.9 Å². The van der Waals surface area contributed by atoms with Crippen molar-refractivity contribution in [2.75, 3.05) is 5.75 Å². The van der Waals surface area contributed by atoms with Crippen LogP contribution in [0.25, 0.3) is 0 Å². The van der Waals surface area contributed by atoms with Crippen molar-refractivity contribution < 1.29 is 13.2 Å². The Morgan fingerprint density at radius 2 is 2.11 bits per heavy atom. The van der Waals surface area contributed by atoms with Crippen molar-refractivity contribution in [3.63, 3.8) is 0 Å². The van der Waals surface area contributed by atoms with Crippen LogP contribution in [0.15, 0.2) is 18.5 Å². The number of rotatable bonds is 6. The van der Waals surface area contributed by atoms with E-state index in [1.807, 2.05) is 0 Å². The second-order valence-corrected chi connectivity index (χ2v) is 7.87. The molecule has 1 saturated carbocycles. The van der Waals surface area contributed by atoms with Crippen molar-refractivity contribution in [3.05, 3.63) is 24.0 Å².